The van der Waals surface area contributed by atoms with Gasteiger partial charge in [-0.15, -0.1) is 0 Å². The fourth-order valence-corrected chi connectivity index (χ4v) is 3.97. The highest BCUT2D eigenvalue weighted by molar-refractivity contribution is 5.75. The molecular formula is C22H27N5O2. The van der Waals surface area contributed by atoms with Gasteiger partial charge >= 0.3 is 6.03 Å². The number of methoxy groups -OCH3 is 1. The van der Waals surface area contributed by atoms with E-state index in [1.54, 1.807) is 7.11 Å². The molecule has 2 aromatic heterocycles. The number of aromatic nitrogens is 3. The lowest BCUT2D eigenvalue weighted by Gasteiger charge is -2.19. The molecule has 0 saturated carbocycles. The van der Waals surface area contributed by atoms with E-state index in [2.05, 4.69) is 21.8 Å². The second-order valence-electron chi connectivity index (χ2n) is 7.39. The van der Waals surface area contributed by atoms with Gasteiger partial charge in [-0.2, -0.15) is 0 Å². The van der Waals surface area contributed by atoms with Gasteiger partial charge in [0, 0.05) is 32.3 Å². The van der Waals surface area contributed by atoms with Crippen LogP contribution in [-0.4, -0.2) is 45.7 Å². The van der Waals surface area contributed by atoms with Crippen molar-refractivity contribution in [3.8, 4) is 5.75 Å². The molecule has 4 rings (SSSR count). The Kier molecular flexibility index (Phi) is 5.64. The Hall–Kier alpha value is -3.09. The molecule has 1 saturated heterocycles. The number of hydrogen-bond donors (Lipinski definition) is 1. The molecule has 0 aliphatic carbocycles. The number of aryl methyl sites for hydroxylation is 1. The maximum atomic E-state index is 12.7. The third-order valence-corrected chi connectivity index (χ3v) is 5.39. The number of ether oxygens (including phenoxy) is 1. The molecule has 152 valence electrons. The van der Waals surface area contributed by atoms with Crippen LogP contribution in [0.1, 0.15) is 37.2 Å². The molecule has 0 bridgehead atoms. The summed E-state index contributed by atoms with van der Waals surface area (Å²) >= 11 is 0. The summed E-state index contributed by atoms with van der Waals surface area (Å²) in [6.07, 6.45) is 4.66. The highest BCUT2D eigenvalue weighted by atomic mass is 16.5. The van der Waals surface area contributed by atoms with Crippen molar-refractivity contribution in [2.24, 2.45) is 0 Å². The first kappa shape index (κ1) is 19.2. The normalized spacial score (nSPS) is 16.3. The number of amides is 2. The lowest BCUT2D eigenvalue weighted by molar-refractivity contribution is 0.206. The van der Waals surface area contributed by atoms with E-state index < -0.39 is 0 Å². The number of carbonyl (C=O) groups is 1. The molecule has 1 atom stereocenters. The molecule has 1 aliphatic rings. The van der Waals surface area contributed by atoms with Crippen LogP contribution in [0.3, 0.4) is 0 Å². The van der Waals surface area contributed by atoms with Crippen LogP contribution < -0.4 is 10.1 Å². The van der Waals surface area contributed by atoms with Crippen LogP contribution in [-0.2, 0) is 13.0 Å². The Morgan fingerprint density at radius 3 is 3.03 bits per heavy atom. The molecule has 3 heterocycles. The summed E-state index contributed by atoms with van der Waals surface area (Å²) in [5.74, 6) is 1.85. The summed E-state index contributed by atoms with van der Waals surface area (Å²) < 4.78 is 7.49. The summed E-state index contributed by atoms with van der Waals surface area (Å²) in [6.45, 7) is 4.04. The minimum Gasteiger partial charge on any atom is -0.497 e. The number of fused-ring (bicyclic) bond motifs is 1. The van der Waals surface area contributed by atoms with Gasteiger partial charge in [0.25, 0.3) is 0 Å². The van der Waals surface area contributed by atoms with Crippen LogP contribution in [0.2, 0.25) is 0 Å². The van der Waals surface area contributed by atoms with E-state index in [1.165, 1.54) is 0 Å². The summed E-state index contributed by atoms with van der Waals surface area (Å²) in [5, 5.41) is 3.03. The van der Waals surface area contributed by atoms with Crippen molar-refractivity contribution in [3.05, 3.63) is 54.0 Å². The summed E-state index contributed by atoms with van der Waals surface area (Å²) in [7, 11) is 1.64. The zero-order chi connectivity index (χ0) is 20.2. The van der Waals surface area contributed by atoms with Crippen molar-refractivity contribution >= 4 is 17.2 Å². The minimum atomic E-state index is -0.0373. The first-order chi connectivity index (χ1) is 14.2. The van der Waals surface area contributed by atoms with Crippen molar-refractivity contribution in [3.63, 3.8) is 0 Å². The molecule has 1 aromatic carbocycles. The van der Waals surface area contributed by atoms with Crippen LogP contribution in [0.4, 0.5) is 4.79 Å². The number of pyridine rings is 1. The zero-order valence-corrected chi connectivity index (χ0v) is 17.0. The molecule has 3 aromatic rings. The molecule has 7 heteroatoms. The Bertz CT molecular complexity index is 1000. The number of rotatable bonds is 6. The fraction of sp³-hybridized carbons (Fsp3) is 0.409. The molecular weight excluding hydrogens is 366 g/mol. The Balaban J connectivity index is 1.44. The zero-order valence-electron chi connectivity index (χ0n) is 17.0. The van der Waals surface area contributed by atoms with Gasteiger partial charge in [0.2, 0.25) is 0 Å². The van der Waals surface area contributed by atoms with Crippen molar-refractivity contribution in [2.75, 3.05) is 20.2 Å². The smallest absolute Gasteiger partial charge is 0.317 e. The number of imidazole rings is 1. The maximum Gasteiger partial charge on any atom is 0.317 e. The topological polar surface area (TPSA) is 72.3 Å². The summed E-state index contributed by atoms with van der Waals surface area (Å²) in [4.78, 5) is 23.9. The van der Waals surface area contributed by atoms with E-state index in [1.807, 2.05) is 47.5 Å². The van der Waals surface area contributed by atoms with Crippen LogP contribution in [0.25, 0.3) is 11.2 Å². The van der Waals surface area contributed by atoms with E-state index in [0.717, 1.165) is 54.1 Å². The van der Waals surface area contributed by atoms with Gasteiger partial charge in [-0.25, -0.2) is 14.8 Å². The number of hydrogen-bond acceptors (Lipinski definition) is 4. The number of likely N-dealkylation sites (tertiary alicyclic amines) is 1. The largest absolute Gasteiger partial charge is 0.497 e. The van der Waals surface area contributed by atoms with E-state index >= 15 is 0 Å². The van der Waals surface area contributed by atoms with Crippen LogP contribution >= 0.6 is 0 Å². The third-order valence-electron chi connectivity index (χ3n) is 5.39. The van der Waals surface area contributed by atoms with Crippen LogP contribution in [0.5, 0.6) is 5.75 Å². The van der Waals surface area contributed by atoms with Gasteiger partial charge in [0.05, 0.1) is 13.2 Å². The summed E-state index contributed by atoms with van der Waals surface area (Å²) in [6, 6.07) is 11.8. The Labute approximate surface area is 170 Å². The number of urea groups is 1. The third kappa shape index (κ3) is 4.04. The lowest BCUT2D eigenvalue weighted by atomic mass is 10.2. The van der Waals surface area contributed by atoms with Gasteiger partial charge in [0.15, 0.2) is 5.65 Å². The molecule has 1 N–H and O–H groups in total. The molecule has 1 fully saturated rings. The summed E-state index contributed by atoms with van der Waals surface area (Å²) in [5.41, 5.74) is 2.86. The monoisotopic (exact) mass is 393 g/mol. The van der Waals surface area contributed by atoms with Gasteiger partial charge in [0.1, 0.15) is 17.1 Å². The van der Waals surface area contributed by atoms with Crippen molar-refractivity contribution < 1.29 is 9.53 Å². The molecule has 1 aliphatic heterocycles. The quantitative estimate of drug-likeness (QED) is 0.695. The van der Waals surface area contributed by atoms with Gasteiger partial charge in [-0.1, -0.05) is 19.1 Å². The fourth-order valence-electron chi connectivity index (χ4n) is 3.97. The van der Waals surface area contributed by atoms with Crippen LogP contribution in [0.15, 0.2) is 42.6 Å². The van der Waals surface area contributed by atoms with E-state index in [-0.39, 0.29) is 12.1 Å². The van der Waals surface area contributed by atoms with E-state index in [4.69, 9.17) is 9.72 Å². The predicted molar refractivity (Wildman–Crippen MR) is 112 cm³/mol. The van der Waals surface area contributed by atoms with Crippen molar-refractivity contribution in [2.45, 2.75) is 38.8 Å². The molecule has 2 amide bonds. The Morgan fingerprint density at radius 2 is 2.21 bits per heavy atom. The molecule has 7 nitrogen and oxygen atoms in total. The maximum absolute atomic E-state index is 12.7. The average Bonchev–Trinajstić information content (AvgIpc) is 3.36. The second-order valence-corrected chi connectivity index (χ2v) is 7.39. The van der Waals surface area contributed by atoms with Crippen molar-refractivity contribution in [1.82, 2.24) is 24.8 Å². The molecule has 29 heavy (non-hydrogen) atoms. The number of benzene rings is 1. The highest BCUT2D eigenvalue weighted by Gasteiger charge is 2.30. The molecule has 1 unspecified atom stereocenters. The number of carbonyl (C=O) groups excluding carboxylic acids is 1. The van der Waals surface area contributed by atoms with Gasteiger partial charge < -0.3 is 19.5 Å². The predicted octanol–water partition coefficient (Wildman–Crippen LogP) is 3.55. The lowest BCUT2D eigenvalue weighted by Crippen LogP contribution is -2.38. The Morgan fingerprint density at radius 1 is 1.31 bits per heavy atom. The van der Waals surface area contributed by atoms with E-state index in [9.17, 15) is 4.79 Å². The molecule has 0 spiro atoms. The van der Waals surface area contributed by atoms with Crippen LogP contribution in [0, 0.1) is 0 Å². The standard InChI is InChI=1S/C22H27N5O2/c1-3-6-20-25-19-9-5-11-23-21(19)27(20)17-10-12-26(15-17)22(28)24-14-16-7-4-8-18(13-16)29-2/h4-5,7-9,11,13,17H,3,6,10,12,14-15H2,1-2H3,(H,24,28). The second kappa shape index (κ2) is 8.51. The van der Waals surface area contributed by atoms with Crippen molar-refractivity contribution in [1.29, 1.82) is 0 Å². The van der Waals surface area contributed by atoms with E-state index in [0.29, 0.717) is 13.1 Å². The van der Waals surface area contributed by atoms with Gasteiger partial charge in [-0.3, -0.25) is 0 Å². The minimum absolute atomic E-state index is 0.0373. The molecule has 0 radical (unpaired) electrons. The SMILES string of the molecule is CCCc1nc2cccnc2n1C1CCN(C(=O)NCc2cccc(OC)c2)C1. The number of nitrogens with one attached hydrogen (secondary N) is 1. The first-order valence-corrected chi connectivity index (χ1v) is 10.2. The number of nitrogens with zero attached hydrogens (tertiary/aromatic N) is 4. The first-order valence-electron chi connectivity index (χ1n) is 10.2. The highest BCUT2D eigenvalue weighted by Crippen LogP contribution is 2.28. The van der Waals surface area contributed by atoms with Gasteiger partial charge in [-0.05, 0) is 42.7 Å². The average molecular weight is 393 g/mol.